The number of nitrogens with one attached hydrogen (secondary N) is 2. The van der Waals surface area contributed by atoms with Crippen molar-refractivity contribution in [1.82, 2.24) is 5.32 Å². The van der Waals surface area contributed by atoms with Crippen LogP contribution in [0.15, 0.2) is 66.7 Å². The minimum Gasteiger partial charge on any atom is -0.387 e. The predicted molar refractivity (Wildman–Crippen MR) is 97.1 cm³/mol. The van der Waals surface area contributed by atoms with Crippen molar-refractivity contribution in [3.8, 4) is 0 Å². The van der Waals surface area contributed by atoms with Crippen LogP contribution in [-0.4, -0.2) is 17.7 Å². The third kappa shape index (κ3) is 3.55. The van der Waals surface area contributed by atoms with Gasteiger partial charge in [-0.3, -0.25) is 0 Å². The van der Waals surface area contributed by atoms with Crippen LogP contribution in [0.4, 0.5) is 10.5 Å². The van der Waals surface area contributed by atoms with E-state index in [2.05, 4.69) is 10.6 Å². The Hall–Kier alpha value is -2.85. The van der Waals surface area contributed by atoms with Crippen molar-refractivity contribution in [3.05, 3.63) is 77.9 Å². The van der Waals surface area contributed by atoms with E-state index in [1.165, 1.54) is 0 Å². The first-order valence-electron chi connectivity index (χ1n) is 7.91. The van der Waals surface area contributed by atoms with E-state index < -0.39 is 6.10 Å². The summed E-state index contributed by atoms with van der Waals surface area (Å²) >= 11 is 0. The maximum absolute atomic E-state index is 12.0. The number of aliphatic hydroxyl groups is 1. The molecule has 0 aliphatic carbocycles. The largest absolute Gasteiger partial charge is 0.387 e. The Labute approximate surface area is 141 Å². The van der Waals surface area contributed by atoms with E-state index in [4.69, 9.17) is 0 Å². The van der Waals surface area contributed by atoms with Gasteiger partial charge < -0.3 is 15.7 Å². The van der Waals surface area contributed by atoms with Crippen LogP contribution in [0.1, 0.15) is 17.2 Å². The summed E-state index contributed by atoms with van der Waals surface area (Å²) in [6.07, 6.45) is -0.765. The Morgan fingerprint density at radius 2 is 1.71 bits per heavy atom. The van der Waals surface area contributed by atoms with E-state index >= 15 is 0 Å². The Balaban J connectivity index is 1.65. The highest BCUT2D eigenvalue weighted by Gasteiger charge is 2.12. The highest BCUT2D eigenvalue weighted by molar-refractivity contribution is 5.90. The van der Waals surface area contributed by atoms with Crippen molar-refractivity contribution in [2.75, 3.05) is 11.9 Å². The lowest BCUT2D eigenvalue weighted by Crippen LogP contribution is -2.32. The zero-order valence-corrected chi connectivity index (χ0v) is 13.5. The monoisotopic (exact) mass is 320 g/mol. The highest BCUT2D eigenvalue weighted by Crippen LogP contribution is 2.23. The molecule has 0 saturated carbocycles. The number of benzene rings is 3. The van der Waals surface area contributed by atoms with Crippen molar-refractivity contribution >= 4 is 22.5 Å². The molecule has 24 heavy (non-hydrogen) atoms. The Morgan fingerprint density at radius 1 is 1.00 bits per heavy atom. The van der Waals surface area contributed by atoms with Crippen LogP contribution < -0.4 is 10.6 Å². The Kier molecular flexibility index (Phi) is 4.77. The van der Waals surface area contributed by atoms with Crippen molar-refractivity contribution in [2.45, 2.75) is 13.0 Å². The van der Waals surface area contributed by atoms with Gasteiger partial charge in [-0.1, -0.05) is 60.7 Å². The number of para-hydroxylation sites is 1. The van der Waals surface area contributed by atoms with Crippen LogP contribution in [0.2, 0.25) is 0 Å². The second-order valence-corrected chi connectivity index (χ2v) is 5.73. The number of hydrogen-bond donors (Lipinski definition) is 3. The quantitative estimate of drug-likeness (QED) is 0.680. The molecule has 122 valence electrons. The fourth-order valence-electron chi connectivity index (χ4n) is 2.72. The van der Waals surface area contributed by atoms with Gasteiger partial charge in [-0.2, -0.15) is 0 Å². The molecule has 4 heteroatoms. The normalized spacial score (nSPS) is 11.9. The molecular formula is C20H20N2O2. The molecule has 0 aliphatic heterocycles. The van der Waals surface area contributed by atoms with Gasteiger partial charge in [0, 0.05) is 12.2 Å². The molecule has 0 unspecified atom stereocenters. The number of aryl methyl sites for hydroxylation is 1. The fourth-order valence-corrected chi connectivity index (χ4v) is 2.72. The van der Waals surface area contributed by atoms with Crippen molar-refractivity contribution in [1.29, 1.82) is 0 Å². The third-order valence-electron chi connectivity index (χ3n) is 4.03. The number of carbonyl (C=O) groups excluding carboxylic acids is 1. The number of carbonyl (C=O) groups is 1. The molecule has 3 N–H and O–H groups in total. The molecule has 3 rings (SSSR count). The number of urea groups is 1. The smallest absolute Gasteiger partial charge is 0.319 e. The second kappa shape index (κ2) is 7.15. The average molecular weight is 320 g/mol. The Bertz CT molecular complexity index is 856. The van der Waals surface area contributed by atoms with Gasteiger partial charge in [-0.05, 0) is 34.9 Å². The summed E-state index contributed by atoms with van der Waals surface area (Å²) in [5.74, 6) is 0. The van der Waals surface area contributed by atoms with Crippen LogP contribution in [-0.2, 0) is 0 Å². The lowest BCUT2D eigenvalue weighted by molar-refractivity contribution is 0.176. The van der Waals surface area contributed by atoms with E-state index in [0.29, 0.717) is 0 Å². The van der Waals surface area contributed by atoms with Gasteiger partial charge in [-0.25, -0.2) is 4.79 Å². The van der Waals surface area contributed by atoms with E-state index in [9.17, 15) is 9.90 Å². The van der Waals surface area contributed by atoms with Gasteiger partial charge in [0.2, 0.25) is 0 Å². The summed E-state index contributed by atoms with van der Waals surface area (Å²) < 4.78 is 0. The van der Waals surface area contributed by atoms with Gasteiger partial charge in [0.25, 0.3) is 0 Å². The maximum atomic E-state index is 12.0. The minimum atomic E-state index is -0.765. The number of aliphatic hydroxyl groups excluding tert-OH is 1. The van der Waals surface area contributed by atoms with Gasteiger partial charge >= 0.3 is 6.03 Å². The third-order valence-corrected chi connectivity index (χ3v) is 4.03. The molecule has 0 fully saturated rings. The number of amides is 2. The van der Waals surface area contributed by atoms with Gasteiger partial charge in [0.05, 0.1) is 6.10 Å². The van der Waals surface area contributed by atoms with Crippen LogP contribution in [0.25, 0.3) is 10.8 Å². The molecule has 0 spiro atoms. The van der Waals surface area contributed by atoms with E-state index in [1.54, 1.807) is 0 Å². The summed E-state index contributed by atoms with van der Waals surface area (Å²) in [5.41, 5.74) is 2.56. The van der Waals surface area contributed by atoms with Gasteiger partial charge in [0.15, 0.2) is 0 Å². The molecule has 0 radical (unpaired) electrons. The van der Waals surface area contributed by atoms with Crippen LogP contribution in [0.3, 0.4) is 0 Å². The summed E-state index contributed by atoms with van der Waals surface area (Å²) in [4.78, 5) is 12.0. The molecule has 4 nitrogen and oxygen atoms in total. The first-order valence-corrected chi connectivity index (χ1v) is 7.91. The van der Waals surface area contributed by atoms with Crippen LogP contribution in [0, 0.1) is 6.92 Å². The number of fused-ring (bicyclic) bond motifs is 1. The SMILES string of the molecule is Cc1ccccc1NC(=O)NC[C@@H](O)c1cccc2ccccc12. The lowest BCUT2D eigenvalue weighted by atomic mass is 10.0. The minimum absolute atomic E-state index is 0.145. The average Bonchev–Trinajstić information content (AvgIpc) is 2.61. The number of rotatable bonds is 4. The molecule has 3 aromatic carbocycles. The molecule has 0 heterocycles. The molecular weight excluding hydrogens is 300 g/mol. The first-order chi connectivity index (χ1) is 11.6. The van der Waals surface area contributed by atoms with Gasteiger partial charge in [-0.15, -0.1) is 0 Å². The topological polar surface area (TPSA) is 61.4 Å². The molecule has 0 aromatic heterocycles. The lowest BCUT2D eigenvalue weighted by Gasteiger charge is -2.15. The zero-order chi connectivity index (χ0) is 16.9. The van der Waals surface area contributed by atoms with Crippen LogP contribution in [0.5, 0.6) is 0 Å². The summed E-state index contributed by atoms with van der Waals surface area (Å²) in [6, 6.07) is 20.9. The van der Waals surface area contributed by atoms with E-state index in [-0.39, 0.29) is 12.6 Å². The highest BCUT2D eigenvalue weighted by atomic mass is 16.3. The first kappa shape index (κ1) is 16.0. The molecule has 0 bridgehead atoms. The van der Waals surface area contributed by atoms with Crippen molar-refractivity contribution in [3.63, 3.8) is 0 Å². The number of hydrogen-bond acceptors (Lipinski definition) is 2. The molecule has 0 saturated heterocycles. The van der Waals surface area contributed by atoms with Crippen molar-refractivity contribution in [2.24, 2.45) is 0 Å². The summed E-state index contributed by atoms with van der Waals surface area (Å²) in [7, 11) is 0. The second-order valence-electron chi connectivity index (χ2n) is 5.73. The molecule has 3 aromatic rings. The molecule has 2 amide bonds. The standard InChI is InChI=1S/C20H20N2O2/c1-14-7-2-5-12-18(14)22-20(24)21-13-19(23)17-11-6-9-15-8-3-4-10-16(15)17/h2-12,19,23H,13H2,1H3,(H2,21,22,24)/t19-/m1/s1. The maximum Gasteiger partial charge on any atom is 0.319 e. The Morgan fingerprint density at radius 3 is 2.54 bits per heavy atom. The predicted octanol–water partition coefficient (Wildman–Crippen LogP) is 4.00. The van der Waals surface area contributed by atoms with Crippen LogP contribution >= 0.6 is 0 Å². The summed E-state index contributed by atoms with van der Waals surface area (Å²) in [6.45, 7) is 2.08. The molecule has 0 aliphatic rings. The summed E-state index contributed by atoms with van der Waals surface area (Å²) in [5, 5.41) is 18.0. The van der Waals surface area contributed by atoms with E-state index in [1.807, 2.05) is 73.7 Å². The van der Waals surface area contributed by atoms with E-state index in [0.717, 1.165) is 27.6 Å². The zero-order valence-electron chi connectivity index (χ0n) is 13.5. The van der Waals surface area contributed by atoms with Gasteiger partial charge in [0.1, 0.15) is 0 Å². The van der Waals surface area contributed by atoms with Crippen molar-refractivity contribution < 1.29 is 9.90 Å². The number of anilines is 1. The molecule has 1 atom stereocenters. The fraction of sp³-hybridized carbons (Fsp3) is 0.150.